The molecule has 0 spiro atoms. The molecule has 0 radical (unpaired) electrons. The van der Waals surface area contributed by atoms with Gasteiger partial charge in [0, 0.05) is 41.8 Å². The summed E-state index contributed by atoms with van der Waals surface area (Å²) >= 11 is 12.4. The second-order valence-electron chi connectivity index (χ2n) is 5.25. The van der Waals surface area contributed by atoms with Crippen LogP contribution in [0.15, 0.2) is 18.2 Å². The molecular formula is C15H20Cl2N2O2. The predicted molar refractivity (Wildman–Crippen MR) is 85.1 cm³/mol. The molecule has 0 saturated carbocycles. The number of rotatable bonds is 5. The minimum atomic E-state index is -0.908. The lowest BCUT2D eigenvalue weighted by molar-refractivity contribution is -0.144. The molecule has 1 atom stereocenters. The van der Waals surface area contributed by atoms with E-state index in [1.165, 1.54) is 0 Å². The van der Waals surface area contributed by atoms with Gasteiger partial charge in [0.25, 0.3) is 0 Å². The summed E-state index contributed by atoms with van der Waals surface area (Å²) in [4.78, 5) is 16.0. The van der Waals surface area contributed by atoms with Crippen LogP contribution in [0.3, 0.4) is 0 Å². The molecule has 2 rings (SSSR count). The van der Waals surface area contributed by atoms with Crippen molar-refractivity contribution in [3.63, 3.8) is 0 Å². The third kappa shape index (κ3) is 3.89. The van der Waals surface area contributed by atoms with Gasteiger partial charge in [0.05, 0.1) is 0 Å². The zero-order valence-electron chi connectivity index (χ0n) is 12.1. The summed E-state index contributed by atoms with van der Waals surface area (Å²) in [6.45, 7) is 6.37. The van der Waals surface area contributed by atoms with E-state index >= 15 is 0 Å². The van der Waals surface area contributed by atoms with Gasteiger partial charge in [-0.25, -0.2) is 0 Å². The summed E-state index contributed by atoms with van der Waals surface area (Å²) in [5, 5.41) is 10.4. The molecule has 0 aromatic heterocycles. The van der Waals surface area contributed by atoms with Crippen molar-refractivity contribution in [2.75, 3.05) is 32.7 Å². The fourth-order valence-electron chi connectivity index (χ4n) is 2.80. The maximum Gasteiger partial charge on any atom is 0.325 e. The second kappa shape index (κ2) is 7.45. The van der Waals surface area contributed by atoms with Crippen molar-refractivity contribution in [3.05, 3.63) is 33.8 Å². The number of carbonyl (C=O) groups is 1. The SMILES string of the molecule is CCCN1CCN(C(C(=O)O)c2c(Cl)cccc2Cl)CC1. The fraction of sp³-hybridized carbons (Fsp3) is 0.533. The van der Waals surface area contributed by atoms with Crippen LogP contribution >= 0.6 is 23.2 Å². The van der Waals surface area contributed by atoms with Crippen molar-refractivity contribution >= 4 is 29.2 Å². The Hall–Kier alpha value is -0.810. The van der Waals surface area contributed by atoms with Crippen molar-refractivity contribution in [1.82, 2.24) is 9.80 Å². The van der Waals surface area contributed by atoms with Crippen LogP contribution in [0.25, 0.3) is 0 Å². The normalized spacial score (nSPS) is 18.6. The molecule has 1 heterocycles. The monoisotopic (exact) mass is 330 g/mol. The topological polar surface area (TPSA) is 43.8 Å². The van der Waals surface area contributed by atoms with Gasteiger partial charge in [-0.1, -0.05) is 36.2 Å². The molecule has 1 aromatic carbocycles. The number of carboxylic acid groups (broad SMARTS) is 1. The predicted octanol–water partition coefficient (Wildman–Crippen LogP) is 3.15. The molecule has 1 aliphatic rings. The summed E-state index contributed by atoms with van der Waals surface area (Å²) < 4.78 is 0. The largest absolute Gasteiger partial charge is 0.480 e. The van der Waals surface area contributed by atoms with Gasteiger partial charge in [0.15, 0.2) is 0 Å². The van der Waals surface area contributed by atoms with Gasteiger partial charge in [-0.3, -0.25) is 9.69 Å². The zero-order valence-corrected chi connectivity index (χ0v) is 13.6. The van der Waals surface area contributed by atoms with E-state index in [4.69, 9.17) is 23.2 Å². The molecule has 1 aliphatic heterocycles. The minimum absolute atomic E-state index is 0.408. The lowest BCUT2D eigenvalue weighted by atomic mass is 10.0. The first kappa shape index (κ1) is 16.6. The Kier molecular flexibility index (Phi) is 5.88. The molecule has 6 heteroatoms. The lowest BCUT2D eigenvalue weighted by Gasteiger charge is -2.38. The van der Waals surface area contributed by atoms with Gasteiger partial charge >= 0.3 is 5.97 Å². The van der Waals surface area contributed by atoms with Crippen LogP contribution in [-0.4, -0.2) is 53.6 Å². The first-order valence-electron chi connectivity index (χ1n) is 7.17. The standard InChI is InChI=1S/C15H20Cl2N2O2/c1-2-6-18-7-9-19(10-8-18)14(15(20)21)13-11(16)4-3-5-12(13)17/h3-5,14H,2,6-10H2,1H3,(H,20,21). The Balaban J connectivity index is 2.19. The lowest BCUT2D eigenvalue weighted by Crippen LogP contribution is -2.49. The highest BCUT2D eigenvalue weighted by Crippen LogP contribution is 2.34. The quantitative estimate of drug-likeness (QED) is 0.900. The van der Waals surface area contributed by atoms with Crippen LogP contribution < -0.4 is 0 Å². The van der Waals surface area contributed by atoms with Crippen molar-refractivity contribution in [2.45, 2.75) is 19.4 Å². The zero-order chi connectivity index (χ0) is 15.4. The highest BCUT2D eigenvalue weighted by atomic mass is 35.5. The third-order valence-corrected chi connectivity index (χ3v) is 4.48. The Morgan fingerprint density at radius 2 is 1.81 bits per heavy atom. The summed E-state index contributed by atoms with van der Waals surface area (Å²) in [6.07, 6.45) is 1.11. The minimum Gasteiger partial charge on any atom is -0.480 e. The molecule has 116 valence electrons. The van der Waals surface area contributed by atoms with Crippen LogP contribution in [-0.2, 0) is 4.79 Å². The van der Waals surface area contributed by atoms with E-state index in [2.05, 4.69) is 11.8 Å². The summed E-state index contributed by atoms with van der Waals surface area (Å²) in [5.74, 6) is -0.908. The van der Waals surface area contributed by atoms with Crippen molar-refractivity contribution in [3.8, 4) is 0 Å². The van der Waals surface area contributed by atoms with E-state index in [0.717, 1.165) is 26.1 Å². The van der Waals surface area contributed by atoms with E-state index in [1.54, 1.807) is 18.2 Å². The van der Waals surface area contributed by atoms with E-state index in [-0.39, 0.29) is 0 Å². The van der Waals surface area contributed by atoms with Crippen LogP contribution in [0.1, 0.15) is 24.9 Å². The van der Waals surface area contributed by atoms with Crippen LogP contribution in [0, 0.1) is 0 Å². The van der Waals surface area contributed by atoms with Crippen LogP contribution in [0.4, 0.5) is 0 Å². The highest BCUT2D eigenvalue weighted by Gasteiger charge is 2.33. The Morgan fingerprint density at radius 3 is 2.29 bits per heavy atom. The summed E-state index contributed by atoms with van der Waals surface area (Å²) in [7, 11) is 0. The van der Waals surface area contributed by atoms with Crippen LogP contribution in [0.2, 0.25) is 10.0 Å². The Morgan fingerprint density at radius 1 is 1.24 bits per heavy atom. The number of hydrogen-bond donors (Lipinski definition) is 1. The molecule has 21 heavy (non-hydrogen) atoms. The first-order chi connectivity index (χ1) is 10.0. The van der Waals surface area contributed by atoms with E-state index in [1.807, 2.05) is 4.90 Å². The van der Waals surface area contributed by atoms with Crippen molar-refractivity contribution in [2.24, 2.45) is 0 Å². The van der Waals surface area contributed by atoms with Crippen LogP contribution in [0.5, 0.6) is 0 Å². The highest BCUT2D eigenvalue weighted by molar-refractivity contribution is 6.36. The third-order valence-electron chi connectivity index (χ3n) is 3.82. The van der Waals surface area contributed by atoms with E-state index in [9.17, 15) is 9.90 Å². The van der Waals surface area contributed by atoms with Gasteiger partial charge in [-0.2, -0.15) is 0 Å². The average Bonchev–Trinajstić information content (AvgIpc) is 2.44. The number of hydrogen-bond acceptors (Lipinski definition) is 3. The van der Waals surface area contributed by atoms with Crippen molar-refractivity contribution < 1.29 is 9.90 Å². The Bertz CT molecular complexity index is 482. The number of halogens is 2. The fourth-order valence-corrected chi connectivity index (χ4v) is 3.40. The van der Waals surface area contributed by atoms with Gasteiger partial charge in [-0.05, 0) is 25.1 Å². The number of piperazine rings is 1. The molecule has 1 N–H and O–H groups in total. The van der Waals surface area contributed by atoms with Gasteiger partial charge in [0.1, 0.15) is 6.04 Å². The number of nitrogens with zero attached hydrogens (tertiary/aromatic N) is 2. The Labute approximate surface area is 135 Å². The second-order valence-corrected chi connectivity index (χ2v) is 6.07. The molecule has 1 saturated heterocycles. The molecular weight excluding hydrogens is 311 g/mol. The summed E-state index contributed by atoms with van der Waals surface area (Å²) in [5.41, 5.74) is 0.497. The molecule has 0 aliphatic carbocycles. The molecule has 4 nitrogen and oxygen atoms in total. The van der Waals surface area contributed by atoms with Gasteiger partial charge in [-0.15, -0.1) is 0 Å². The molecule has 1 fully saturated rings. The van der Waals surface area contributed by atoms with Crippen molar-refractivity contribution in [1.29, 1.82) is 0 Å². The number of aliphatic carboxylic acids is 1. The van der Waals surface area contributed by atoms with Gasteiger partial charge < -0.3 is 10.0 Å². The van der Waals surface area contributed by atoms with E-state index in [0.29, 0.717) is 28.7 Å². The van der Waals surface area contributed by atoms with E-state index < -0.39 is 12.0 Å². The van der Waals surface area contributed by atoms with Gasteiger partial charge in [0.2, 0.25) is 0 Å². The summed E-state index contributed by atoms with van der Waals surface area (Å²) in [6, 6.07) is 4.32. The molecule has 0 bridgehead atoms. The average molecular weight is 331 g/mol. The molecule has 1 aromatic rings. The number of carboxylic acids is 1. The maximum atomic E-state index is 11.7. The maximum absolute atomic E-state index is 11.7. The number of benzene rings is 1. The molecule has 0 amide bonds. The smallest absolute Gasteiger partial charge is 0.325 e. The molecule has 1 unspecified atom stereocenters. The first-order valence-corrected chi connectivity index (χ1v) is 7.93.